The molecule has 0 spiro atoms. The fourth-order valence-corrected chi connectivity index (χ4v) is 1.31. The van der Waals surface area contributed by atoms with E-state index in [1.165, 1.54) is 0 Å². The summed E-state index contributed by atoms with van der Waals surface area (Å²) in [6, 6.07) is 3.80. The minimum absolute atomic E-state index is 0.718. The van der Waals surface area contributed by atoms with Crippen molar-refractivity contribution in [2.24, 2.45) is 0 Å². The van der Waals surface area contributed by atoms with Crippen molar-refractivity contribution in [1.82, 2.24) is 5.32 Å². The number of nitrogens with one attached hydrogen (secondary N) is 1. The topological polar surface area (TPSA) is 25.2 Å². The second kappa shape index (κ2) is 4.84. The van der Waals surface area contributed by atoms with E-state index in [-0.39, 0.29) is 0 Å². The van der Waals surface area contributed by atoms with Crippen LogP contribution in [0.5, 0.6) is 0 Å². The minimum atomic E-state index is 0.718. The molecule has 0 amide bonds. The van der Waals surface area contributed by atoms with Gasteiger partial charge >= 0.3 is 0 Å². The van der Waals surface area contributed by atoms with Gasteiger partial charge in [0.1, 0.15) is 5.76 Å². The lowest BCUT2D eigenvalue weighted by Gasteiger charge is -1.99. The lowest BCUT2D eigenvalue weighted by Crippen LogP contribution is -2.13. The molecule has 12 heavy (non-hydrogen) atoms. The van der Waals surface area contributed by atoms with Gasteiger partial charge < -0.3 is 9.73 Å². The standard InChI is InChI=1S/C8H9Br2NO/c1-6(9)4-11-5-7-2-3-8(10)12-7/h2-3,11H,1,4-5H2. The van der Waals surface area contributed by atoms with Crippen molar-refractivity contribution in [3.05, 3.63) is 33.6 Å². The molecule has 66 valence electrons. The predicted octanol–water partition coefficient (Wildman–Crippen LogP) is 3.04. The number of rotatable bonds is 4. The van der Waals surface area contributed by atoms with Gasteiger partial charge in [-0.3, -0.25) is 0 Å². The molecule has 0 bridgehead atoms. The van der Waals surface area contributed by atoms with Crippen molar-refractivity contribution in [2.75, 3.05) is 6.54 Å². The van der Waals surface area contributed by atoms with Crippen LogP contribution in [-0.4, -0.2) is 6.54 Å². The Hall–Kier alpha value is -0.0600. The highest BCUT2D eigenvalue weighted by molar-refractivity contribution is 9.11. The van der Waals surface area contributed by atoms with Gasteiger partial charge in [0.05, 0.1) is 6.54 Å². The molecule has 1 rings (SSSR count). The number of hydrogen-bond donors (Lipinski definition) is 1. The molecule has 0 atom stereocenters. The van der Waals surface area contributed by atoms with Gasteiger partial charge in [-0.25, -0.2) is 0 Å². The second-order valence-corrected chi connectivity index (χ2v) is 4.23. The first kappa shape index (κ1) is 10.0. The van der Waals surface area contributed by atoms with Gasteiger partial charge in [-0.15, -0.1) is 0 Å². The fourth-order valence-electron chi connectivity index (χ4n) is 0.768. The maximum Gasteiger partial charge on any atom is 0.169 e. The second-order valence-electron chi connectivity index (χ2n) is 2.33. The Kier molecular flexibility index (Phi) is 4.05. The molecule has 0 saturated carbocycles. The summed E-state index contributed by atoms with van der Waals surface area (Å²) in [6.45, 7) is 5.17. The highest BCUT2D eigenvalue weighted by Gasteiger charge is 1.97. The molecular formula is C8H9Br2NO. The lowest BCUT2D eigenvalue weighted by molar-refractivity contribution is 0.471. The Labute approximate surface area is 88.3 Å². The first-order valence-corrected chi connectivity index (χ1v) is 5.05. The van der Waals surface area contributed by atoms with E-state index < -0.39 is 0 Å². The van der Waals surface area contributed by atoms with Crippen molar-refractivity contribution in [3.8, 4) is 0 Å². The number of halogens is 2. The number of hydrogen-bond acceptors (Lipinski definition) is 2. The average molecular weight is 295 g/mol. The van der Waals surface area contributed by atoms with Gasteiger partial charge in [0, 0.05) is 11.0 Å². The normalized spacial score (nSPS) is 10.2. The SMILES string of the molecule is C=C(Br)CNCc1ccc(Br)o1. The molecule has 1 heterocycles. The largest absolute Gasteiger partial charge is 0.453 e. The molecule has 0 radical (unpaired) electrons. The van der Waals surface area contributed by atoms with E-state index in [1.54, 1.807) is 0 Å². The lowest BCUT2D eigenvalue weighted by atomic mass is 10.4. The Morgan fingerprint density at radius 1 is 1.58 bits per heavy atom. The zero-order valence-electron chi connectivity index (χ0n) is 6.44. The monoisotopic (exact) mass is 293 g/mol. The highest BCUT2D eigenvalue weighted by atomic mass is 79.9. The van der Waals surface area contributed by atoms with E-state index >= 15 is 0 Å². The zero-order valence-corrected chi connectivity index (χ0v) is 9.61. The van der Waals surface area contributed by atoms with Crippen molar-refractivity contribution in [3.63, 3.8) is 0 Å². The molecule has 2 nitrogen and oxygen atoms in total. The molecule has 0 aliphatic heterocycles. The van der Waals surface area contributed by atoms with Gasteiger partial charge in [-0.2, -0.15) is 0 Å². The summed E-state index contributed by atoms with van der Waals surface area (Å²) in [7, 11) is 0. The van der Waals surface area contributed by atoms with Crippen LogP contribution in [-0.2, 0) is 6.54 Å². The first-order valence-electron chi connectivity index (χ1n) is 3.46. The van der Waals surface area contributed by atoms with Crippen LogP contribution in [0.25, 0.3) is 0 Å². The first-order chi connectivity index (χ1) is 5.68. The van der Waals surface area contributed by atoms with Crippen molar-refractivity contribution in [2.45, 2.75) is 6.54 Å². The number of furan rings is 1. The molecule has 1 N–H and O–H groups in total. The van der Waals surface area contributed by atoms with Gasteiger partial charge in [0.15, 0.2) is 4.67 Å². The van der Waals surface area contributed by atoms with E-state index in [0.29, 0.717) is 0 Å². The third kappa shape index (κ3) is 3.56. The van der Waals surface area contributed by atoms with Gasteiger partial charge in [0.25, 0.3) is 0 Å². The molecule has 1 aromatic rings. The summed E-state index contributed by atoms with van der Waals surface area (Å²) in [4.78, 5) is 0. The van der Waals surface area contributed by atoms with Gasteiger partial charge in [0.2, 0.25) is 0 Å². The van der Waals surface area contributed by atoms with Crippen LogP contribution in [0.2, 0.25) is 0 Å². The average Bonchev–Trinajstić information content (AvgIpc) is 2.35. The molecule has 0 aromatic carbocycles. The van der Waals surface area contributed by atoms with Crippen LogP contribution in [0.3, 0.4) is 0 Å². The van der Waals surface area contributed by atoms with Crippen LogP contribution in [0.1, 0.15) is 5.76 Å². The molecule has 0 aliphatic carbocycles. The van der Waals surface area contributed by atoms with Crippen molar-refractivity contribution < 1.29 is 4.42 Å². The molecule has 0 fully saturated rings. The summed E-state index contributed by atoms with van der Waals surface area (Å²) in [5.41, 5.74) is 0. The Bertz CT molecular complexity index is 270. The highest BCUT2D eigenvalue weighted by Crippen LogP contribution is 2.13. The van der Waals surface area contributed by atoms with Crippen molar-refractivity contribution in [1.29, 1.82) is 0 Å². The third-order valence-electron chi connectivity index (χ3n) is 1.24. The molecule has 4 heteroatoms. The van der Waals surface area contributed by atoms with E-state index in [9.17, 15) is 0 Å². The van der Waals surface area contributed by atoms with E-state index in [4.69, 9.17) is 4.42 Å². The maximum atomic E-state index is 5.27. The van der Waals surface area contributed by atoms with Crippen LogP contribution in [0.4, 0.5) is 0 Å². The fraction of sp³-hybridized carbons (Fsp3) is 0.250. The minimum Gasteiger partial charge on any atom is -0.453 e. The van der Waals surface area contributed by atoms with E-state index in [2.05, 4.69) is 43.8 Å². The van der Waals surface area contributed by atoms with Crippen LogP contribution in [0, 0.1) is 0 Å². The Morgan fingerprint density at radius 3 is 2.83 bits per heavy atom. The van der Waals surface area contributed by atoms with Crippen LogP contribution in [0.15, 0.2) is 32.3 Å². The summed E-state index contributed by atoms with van der Waals surface area (Å²) in [5, 5.41) is 3.15. The van der Waals surface area contributed by atoms with Gasteiger partial charge in [-0.1, -0.05) is 22.5 Å². The molecule has 0 unspecified atom stereocenters. The molecule has 1 aromatic heterocycles. The summed E-state index contributed by atoms with van der Waals surface area (Å²) in [5.74, 6) is 0.913. The van der Waals surface area contributed by atoms with Crippen LogP contribution < -0.4 is 5.32 Å². The van der Waals surface area contributed by atoms with E-state index in [1.807, 2.05) is 12.1 Å². The summed E-state index contributed by atoms with van der Waals surface area (Å²) in [6.07, 6.45) is 0. The van der Waals surface area contributed by atoms with Crippen molar-refractivity contribution >= 4 is 31.9 Å². The Morgan fingerprint density at radius 2 is 2.33 bits per heavy atom. The third-order valence-corrected chi connectivity index (χ3v) is 1.95. The smallest absolute Gasteiger partial charge is 0.169 e. The maximum absolute atomic E-state index is 5.27. The Balaban J connectivity index is 2.29. The van der Waals surface area contributed by atoms with Gasteiger partial charge in [-0.05, 0) is 28.1 Å². The zero-order chi connectivity index (χ0) is 8.97. The predicted molar refractivity (Wildman–Crippen MR) is 56.2 cm³/mol. The summed E-state index contributed by atoms with van der Waals surface area (Å²) >= 11 is 6.49. The molecular weight excluding hydrogens is 286 g/mol. The summed E-state index contributed by atoms with van der Waals surface area (Å²) < 4.78 is 6.97. The quantitative estimate of drug-likeness (QED) is 0.923. The van der Waals surface area contributed by atoms with Crippen LogP contribution >= 0.6 is 31.9 Å². The van der Waals surface area contributed by atoms with E-state index in [0.717, 1.165) is 28.0 Å². The molecule has 0 aliphatic rings. The molecule has 0 saturated heterocycles.